The van der Waals surface area contributed by atoms with Gasteiger partial charge in [-0.05, 0) is 19.6 Å². The molecule has 0 aliphatic rings. The van der Waals surface area contributed by atoms with E-state index in [2.05, 4.69) is 29.1 Å². The van der Waals surface area contributed by atoms with E-state index in [0.717, 1.165) is 22.9 Å². The van der Waals surface area contributed by atoms with Crippen LogP contribution in [0.4, 0.5) is 11.8 Å². The first-order valence-corrected chi connectivity index (χ1v) is 6.22. The molecule has 0 radical (unpaired) electrons. The van der Waals surface area contributed by atoms with Crippen molar-refractivity contribution in [2.45, 2.75) is 26.8 Å². The molecule has 0 saturated carbocycles. The van der Waals surface area contributed by atoms with Crippen molar-refractivity contribution in [2.75, 3.05) is 22.6 Å². The molecule has 0 aliphatic heterocycles. The van der Waals surface area contributed by atoms with Crippen molar-refractivity contribution in [3.8, 4) is 0 Å². The summed E-state index contributed by atoms with van der Waals surface area (Å²) in [6, 6.07) is 0.392. The fourth-order valence-corrected chi connectivity index (χ4v) is 1.84. The molecule has 1 heterocycles. The van der Waals surface area contributed by atoms with Gasteiger partial charge in [-0.2, -0.15) is 16.7 Å². The van der Waals surface area contributed by atoms with Gasteiger partial charge in [-0.1, -0.05) is 6.92 Å². The summed E-state index contributed by atoms with van der Waals surface area (Å²) in [6.45, 7) is 6.27. The molecular formula is C10H18N4S. The van der Waals surface area contributed by atoms with E-state index in [-0.39, 0.29) is 0 Å². The van der Waals surface area contributed by atoms with Gasteiger partial charge >= 0.3 is 0 Å². The molecule has 0 aromatic carbocycles. The van der Waals surface area contributed by atoms with Crippen LogP contribution in [0.15, 0.2) is 6.20 Å². The highest BCUT2D eigenvalue weighted by atomic mass is 32.2. The van der Waals surface area contributed by atoms with Crippen LogP contribution in [-0.4, -0.2) is 27.5 Å². The molecule has 1 aromatic heterocycles. The standard InChI is InChI=1S/C10H18N4S/c1-4-15-6-8(3)13-9-7(2)5-12-10(11)14-9/h5,8H,4,6H2,1-3H3,(H3,11,12,13,14). The van der Waals surface area contributed by atoms with Crippen LogP contribution >= 0.6 is 11.8 Å². The Bertz CT molecular complexity index is 316. The molecule has 3 N–H and O–H groups in total. The van der Waals surface area contributed by atoms with Gasteiger partial charge in [0.1, 0.15) is 5.82 Å². The lowest BCUT2D eigenvalue weighted by atomic mass is 10.3. The minimum atomic E-state index is 0.318. The summed E-state index contributed by atoms with van der Waals surface area (Å²) >= 11 is 1.91. The molecule has 0 amide bonds. The highest BCUT2D eigenvalue weighted by Crippen LogP contribution is 2.13. The second kappa shape index (κ2) is 5.80. The Morgan fingerprint density at radius 2 is 2.33 bits per heavy atom. The molecule has 0 bridgehead atoms. The van der Waals surface area contributed by atoms with Gasteiger partial charge < -0.3 is 11.1 Å². The Morgan fingerprint density at radius 3 is 3.00 bits per heavy atom. The Morgan fingerprint density at radius 1 is 1.60 bits per heavy atom. The molecule has 1 aromatic rings. The molecule has 1 unspecified atom stereocenters. The minimum absolute atomic E-state index is 0.318. The molecule has 84 valence electrons. The number of aryl methyl sites for hydroxylation is 1. The van der Waals surface area contributed by atoms with Crippen molar-refractivity contribution in [2.24, 2.45) is 0 Å². The van der Waals surface area contributed by atoms with E-state index in [1.54, 1.807) is 6.20 Å². The molecule has 5 heteroatoms. The van der Waals surface area contributed by atoms with E-state index in [0.29, 0.717) is 12.0 Å². The van der Waals surface area contributed by atoms with Crippen LogP contribution in [-0.2, 0) is 0 Å². The van der Waals surface area contributed by atoms with Gasteiger partial charge in [0, 0.05) is 23.6 Å². The maximum atomic E-state index is 5.54. The predicted molar refractivity (Wildman–Crippen MR) is 67.3 cm³/mol. The Kier molecular flexibility index (Phi) is 4.68. The lowest BCUT2D eigenvalue weighted by Gasteiger charge is -2.15. The van der Waals surface area contributed by atoms with E-state index in [1.807, 2.05) is 18.7 Å². The Balaban J connectivity index is 2.59. The smallest absolute Gasteiger partial charge is 0.221 e. The normalized spacial score (nSPS) is 12.5. The number of rotatable bonds is 5. The number of nitrogens with two attached hydrogens (primary N) is 1. The number of nitrogens with one attached hydrogen (secondary N) is 1. The average Bonchev–Trinajstić information content (AvgIpc) is 2.20. The van der Waals surface area contributed by atoms with E-state index < -0.39 is 0 Å². The average molecular weight is 226 g/mol. The summed E-state index contributed by atoms with van der Waals surface area (Å²) in [5, 5.41) is 3.33. The minimum Gasteiger partial charge on any atom is -0.368 e. The van der Waals surface area contributed by atoms with Gasteiger partial charge in [0.05, 0.1) is 0 Å². The largest absolute Gasteiger partial charge is 0.368 e. The first-order chi connectivity index (χ1) is 7.13. The monoisotopic (exact) mass is 226 g/mol. The Hall–Kier alpha value is -0.970. The third kappa shape index (κ3) is 3.95. The third-order valence-electron chi connectivity index (χ3n) is 1.95. The molecule has 0 saturated heterocycles. The van der Waals surface area contributed by atoms with Gasteiger partial charge in [0.25, 0.3) is 0 Å². The zero-order valence-corrected chi connectivity index (χ0v) is 10.3. The lowest BCUT2D eigenvalue weighted by Crippen LogP contribution is -2.20. The summed E-state index contributed by atoms with van der Waals surface area (Å²) in [4.78, 5) is 8.10. The maximum absolute atomic E-state index is 5.54. The van der Waals surface area contributed by atoms with Crippen LogP contribution in [0.25, 0.3) is 0 Å². The predicted octanol–water partition coefficient (Wildman–Crippen LogP) is 1.92. The van der Waals surface area contributed by atoms with E-state index in [1.165, 1.54) is 0 Å². The van der Waals surface area contributed by atoms with Crippen LogP contribution in [0.3, 0.4) is 0 Å². The van der Waals surface area contributed by atoms with Crippen molar-refractivity contribution in [3.63, 3.8) is 0 Å². The third-order valence-corrected chi connectivity index (χ3v) is 3.09. The fourth-order valence-electron chi connectivity index (χ4n) is 1.17. The highest BCUT2D eigenvalue weighted by Gasteiger charge is 2.06. The Labute approximate surface area is 95.1 Å². The van der Waals surface area contributed by atoms with Crippen molar-refractivity contribution >= 4 is 23.5 Å². The molecule has 0 aliphatic carbocycles. The van der Waals surface area contributed by atoms with Gasteiger partial charge in [-0.3, -0.25) is 0 Å². The summed E-state index contributed by atoms with van der Waals surface area (Å²) in [5.41, 5.74) is 6.56. The summed E-state index contributed by atoms with van der Waals surface area (Å²) in [5.74, 6) is 3.36. The van der Waals surface area contributed by atoms with Crippen molar-refractivity contribution in [1.82, 2.24) is 9.97 Å². The van der Waals surface area contributed by atoms with Gasteiger partial charge in [0.15, 0.2) is 0 Å². The summed E-state index contributed by atoms with van der Waals surface area (Å²) in [6.07, 6.45) is 1.74. The zero-order valence-electron chi connectivity index (χ0n) is 9.45. The second-order valence-electron chi connectivity index (χ2n) is 3.46. The number of hydrogen-bond acceptors (Lipinski definition) is 5. The molecule has 1 rings (SSSR count). The number of anilines is 2. The number of nitrogen functional groups attached to an aromatic ring is 1. The van der Waals surface area contributed by atoms with Crippen LogP contribution in [0.2, 0.25) is 0 Å². The number of aromatic nitrogens is 2. The van der Waals surface area contributed by atoms with Crippen molar-refractivity contribution in [3.05, 3.63) is 11.8 Å². The quantitative estimate of drug-likeness (QED) is 0.803. The first kappa shape index (κ1) is 12.1. The number of thioether (sulfide) groups is 1. The molecule has 1 atom stereocenters. The molecular weight excluding hydrogens is 208 g/mol. The van der Waals surface area contributed by atoms with E-state index >= 15 is 0 Å². The van der Waals surface area contributed by atoms with Crippen molar-refractivity contribution in [1.29, 1.82) is 0 Å². The zero-order chi connectivity index (χ0) is 11.3. The molecule has 4 nitrogen and oxygen atoms in total. The van der Waals surface area contributed by atoms with Gasteiger partial charge in [-0.25, -0.2) is 4.98 Å². The first-order valence-electron chi connectivity index (χ1n) is 5.07. The summed E-state index contributed by atoms with van der Waals surface area (Å²) in [7, 11) is 0. The van der Waals surface area contributed by atoms with Crippen LogP contribution in [0, 0.1) is 6.92 Å². The topological polar surface area (TPSA) is 63.8 Å². The van der Waals surface area contributed by atoms with Crippen LogP contribution in [0.1, 0.15) is 19.4 Å². The molecule has 0 fully saturated rings. The fraction of sp³-hybridized carbons (Fsp3) is 0.600. The van der Waals surface area contributed by atoms with Gasteiger partial charge in [0.2, 0.25) is 5.95 Å². The van der Waals surface area contributed by atoms with Crippen molar-refractivity contribution < 1.29 is 0 Å². The van der Waals surface area contributed by atoms with Crippen LogP contribution in [0.5, 0.6) is 0 Å². The summed E-state index contributed by atoms with van der Waals surface area (Å²) < 4.78 is 0. The van der Waals surface area contributed by atoms with E-state index in [9.17, 15) is 0 Å². The molecule has 0 spiro atoms. The lowest BCUT2D eigenvalue weighted by molar-refractivity contribution is 0.895. The van der Waals surface area contributed by atoms with Gasteiger partial charge in [-0.15, -0.1) is 0 Å². The number of hydrogen-bond donors (Lipinski definition) is 2. The van der Waals surface area contributed by atoms with E-state index in [4.69, 9.17) is 5.73 Å². The SMILES string of the molecule is CCSCC(C)Nc1nc(N)ncc1C. The highest BCUT2D eigenvalue weighted by molar-refractivity contribution is 7.99. The maximum Gasteiger partial charge on any atom is 0.221 e. The molecule has 15 heavy (non-hydrogen) atoms. The van der Waals surface area contributed by atoms with Crippen LogP contribution < -0.4 is 11.1 Å². The number of nitrogens with zero attached hydrogens (tertiary/aromatic N) is 2. The second-order valence-corrected chi connectivity index (χ2v) is 4.78.